The van der Waals surface area contributed by atoms with Crippen molar-refractivity contribution in [1.82, 2.24) is 4.98 Å². The van der Waals surface area contributed by atoms with Gasteiger partial charge in [0.1, 0.15) is 10.6 Å². The molecule has 0 aliphatic rings. The van der Waals surface area contributed by atoms with E-state index in [-0.39, 0.29) is 0 Å². The van der Waals surface area contributed by atoms with E-state index < -0.39 is 0 Å². The molecular weight excluding hydrogens is 504 g/mol. The largest absolute Gasteiger partial charge is 0.438 e. The number of rotatable bonds is 3. The number of thiazole rings is 1. The third kappa shape index (κ3) is 3.98. The summed E-state index contributed by atoms with van der Waals surface area (Å²) < 4.78 is 7.46. The van der Waals surface area contributed by atoms with Crippen LogP contribution in [0.2, 0.25) is 0 Å². The molecule has 6 aromatic rings. The standard InChI is InChI=1S/C29H19BrN2OS/c1-18-6-13-22(14-7-18)31-28-25(29-32-26(17-34-29)20-8-11-21(30)12-9-20)16-24-23-5-3-2-4-19(23)10-15-27(24)33-28/h2-17H,1H3. The number of aryl methyl sites for hydroxylation is 1. The second-order valence-electron chi connectivity index (χ2n) is 8.16. The molecule has 0 saturated carbocycles. The highest BCUT2D eigenvalue weighted by Crippen LogP contribution is 2.32. The topological polar surface area (TPSA) is 38.4 Å². The monoisotopic (exact) mass is 522 g/mol. The van der Waals surface area contributed by atoms with Crippen LogP contribution in [0.1, 0.15) is 5.56 Å². The van der Waals surface area contributed by atoms with Crippen molar-refractivity contribution in [1.29, 1.82) is 0 Å². The number of hydrogen-bond donors (Lipinski definition) is 0. The summed E-state index contributed by atoms with van der Waals surface area (Å²) in [5, 5.41) is 6.34. The second-order valence-corrected chi connectivity index (χ2v) is 9.93. The van der Waals surface area contributed by atoms with E-state index in [2.05, 4.69) is 88.9 Å². The van der Waals surface area contributed by atoms with Crippen LogP contribution in [-0.2, 0) is 0 Å². The van der Waals surface area contributed by atoms with E-state index in [1.54, 1.807) is 11.3 Å². The Morgan fingerprint density at radius 2 is 1.65 bits per heavy atom. The van der Waals surface area contributed by atoms with Crippen molar-refractivity contribution in [2.75, 3.05) is 0 Å². The predicted octanol–water partition coefficient (Wildman–Crippen LogP) is 8.68. The SMILES string of the molecule is Cc1ccc(N=c2oc3ccc4ccccc4c3cc2-c2nc(-c3ccc(Br)cc3)cs2)cc1. The maximum Gasteiger partial charge on any atom is 0.230 e. The Kier molecular flexibility index (Phi) is 5.36. The minimum atomic E-state index is 0.559. The van der Waals surface area contributed by atoms with Gasteiger partial charge in [0.05, 0.1) is 16.9 Å². The highest BCUT2D eigenvalue weighted by atomic mass is 79.9. The smallest absolute Gasteiger partial charge is 0.230 e. The molecule has 0 atom stereocenters. The highest BCUT2D eigenvalue weighted by molar-refractivity contribution is 9.10. The third-order valence-electron chi connectivity index (χ3n) is 5.80. The molecule has 0 fully saturated rings. The van der Waals surface area contributed by atoms with E-state index in [0.29, 0.717) is 5.55 Å². The Balaban J connectivity index is 1.59. The summed E-state index contributed by atoms with van der Waals surface area (Å²) in [5.74, 6) is 0. The Labute approximate surface area is 209 Å². The van der Waals surface area contributed by atoms with Crippen LogP contribution in [0, 0.1) is 6.92 Å². The summed E-state index contributed by atoms with van der Waals surface area (Å²) in [6.07, 6.45) is 0. The fourth-order valence-electron chi connectivity index (χ4n) is 4.00. The van der Waals surface area contributed by atoms with Crippen LogP contribution in [0.15, 0.2) is 110 Å². The summed E-state index contributed by atoms with van der Waals surface area (Å²) in [6.45, 7) is 2.07. The van der Waals surface area contributed by atoms with Crippen molar-refractivity contribution < 1.29 is 4.42 Å². The van der Waals surface area contributed by atoms with E-state index in [0.717, 1.165) is 48.3 Å². The summed E-state index contributed by atoms with van der Waals surface area (Å²) in [4.78, 5) is 9.84. The van der Waals surface area contributed by atoms with Gasteiger partial charge in [0, 0.05) is 20.8 Å². The minimum Gasteiger partial charge on any atom is -0.438 e. The Morgan fingerprint density at radius 1 is 0.853 bits per heavy atom. The molecule has 0 spiro atoms. The molecule has 2 aromatic heterocycles. The van der Waals surface area contributed by atoms with Gasteiger partial charge in [0.15, 0.2) is 0 Å². The first-order chi connectivity index (χ1) is 16.6. The van der Waals surface area contributed by atoms with Gasteiger partial charge in [-0.15, -0.1) is 11.3 Å². The van der Waals surface area contributed by atoms with Gasteiger partial charge in [-0.05, 0) is 54.1 Å². The molecule has 2 heterocycles. The predicted molar refractivity (Wildman–Crippen MR) is 144 cm³/mol. The summed E-state index contributed by atoms with van der Waals surface area (Å²) in [7, 11) is 0. The normalized spacial score (nSPS) is 12.0. The molecule has 0 bridgehead atoms. The van der Waals surface area contributed by atoms with Gasteiger partial charge in [0.25, 0.3) is 0 Å². The molecule has 0 aliphatic carbocycles. The zero-order valence-corrected chi connectivity index (χ0v) is 20.7. The Bertz CT molecular complexity index is 1710. The van der Waals surface area contributed by atoms with Crippen LogP contribution >= 0.6 is 27.3 Å². The lowest BCUT2D eigenvalue weighted by atomic mass is 10.0. The molecule has 34 heavy (non-hydrogen) atoms. The molecule has 0 aliphatic heterocycles. The molecule has 3 nitrogen and oxygen atoms in total. The lowest BCUT2D eigenvalue weighted by Gasteiger charge is -2.06. The molecule has 0 unspecified atom stereocenters. The van der Waals surface area contributed by atoms with Crippen LogP contribution in [0.25, 0.3) is 43.6 Å². The minimum absolute atomic E-state index is 0.559. The quantitative estimate of drug-likeness (QED) is 0.218. The highest BCUT2D eigenvalue weighted by Gasteiger charge is 2.14. The van der Waals surface area contributed by atoms with E-state index >= 15 is 0 Å². The van der Waals surface area contributed by atoms with Crippen LogP contribution in [0.5, 0.6) is 0 Å². The van der Waals surface area contributed by atoms with Gasteiger partial charge in [-0.2, -0.15) is 0 Å². The molecule has 0 saturated heterocycles. The van der Waals surface area contributed by atoms with E-state index in [1.165, 1.54) is 10.9 Å². The maximum atomic E-state index is 6.41. The molecule has 164 valence electrons. The second kappa shape index (κ2) is 8.67. The molecule has 5 heteroatoms. The van der Waals surface area contributed by atoms with Gasteiger partial charge >= 0.3 is 0 Å². The van der Waals surface area contributed by atoms with Crippen molar-refractivity contribution in [3.63, 3.8) is 0 Å². The first-order valence-corrected chi connectivity index (χ1v) is 12.6. The average molecular weight is 523 g/mol. The van der Waals surface area contributed by atoms with Crippen molar-refractivity contribution in [2.45, 2.75) is 6.92 Å². The zero-order chi connectivity index (χ0) is 23.1. The lowest BCUT2D eigenvalue weighted by molar-refractivity contribution is 0.548. The number of benzene rings is 4. The molecule has 0 radical (unpaired) electrons. The lowest BCUT2D eigenvalue weighted by Crippen LogP contribution is -2.05. The van der Waals surface area contributed by atoms with E-state index in [4.69, 9.17) is 14.4 Å². The molecule has 4 aromatic carbocycles. The first kappa shape index (κ1) is 21.0. The number of hydrogen-bond acceptors (Lipinski definition) is 4. The van der Waals surface area contributed by atoms with Gasteiger partial charge in [0.2, 0.25) is 5.55 Å². The van der Waals surface area contributed by atoms with Gasteiger partial charge in [-0.1, -0.05) is 76.1 Å². The summed E-state index contributed by atoms with van der Waals surface area (Å²) in [5.41, 5.74) is 6.30. The van der Waals surface area contributed by atoms with Crippen LogP contribution in [-0.4, -0.2) is 4.98 Å². The molecule has 6 rings (SSSR count). The maximum absolute atomic E-state index is 6.41. The third-order valence-corrected chi connectivity index (χ3v) is 7.20. The number of halogens is 1. The van der Waals surface area contributed by atoms with E-state index in [9.17, 15) is 0 Å². The Hall–Kier alpha value is -3.54. The summed E-state index contributed by atoms with van der Waals surface area (Å²) in [6, 6.07) is 31.0. The van der Waals surface area contributed by atoms with Gasteiger partial charge in [-0.25, -0.2) is 9.98 Å². The number of fused-ring (bicyclic) bond motifs is 3. The van der Waals surface area contributed by atoms with Crippen LogP contribution in [0.3, 0.4) is 0 Å². The fourth-order valence-corrected chi connectivity index (χ4v) is 5.10. The van der Waals surface area contributed by atoms with Crippen molar-refractivity contribution in [3.05, 3.63) is 112 Å². The van der Waals surface area contributed by atoms with Crippen molar-refractivity contribution >= 4 is 54.7 Å². The van der Waals surface area contributed by atoms with Crippen molar-refractivity contribution in [2.24, 2.45) is 4.99 Å². The summed E-state index contributed by atoms with van der Waals surface area (Å²) >= 11 is 5.11. The van der Waals surface area contributed by atoms with Crippen LogP contribution in [0.4, 0.5) is 5.69 Å². The first-order valence-electron chi connectivity index (χ1n) is 10.9. The Morgan fingerprint density at radius 3 is 2.47 bits per heavy atom. The van der Waals surface area contributed by atoms with Gasteiger partial charge < -0.3 is 4.42 Å². The molecular formula is C29H19BrN2OS. The zero-order valence-electron chi connectivity index (χ0n) is 18.3. The average Bonchev–Trinajstić information content (AvgIpc) is 3.35. The van der Waals surface area contributed by atoms with Crippen molar-refractivity contribution in [3.8, 4) is 21.8 Å². The van der Waals surface area contributed by atoms with Gasteiger partial charge in [-0.3, -0.25) is 0 Å². The fraction of sp³-hybridized carbons (Fsp3) is 0.0345. The van der Waals surface area contributed by atoms with Crippen LogP contribution < -0.4 is 5.55 Å². The number of aromatic nitrogens is 1. The molecule has 0 amide bonds. The number of nitrogens with zero attached hydrogens (tertiary/aromatic N) is 2. The molecule has 0 N–H and O–H groups in total. The van der Waals surface area contributed by atoms with E-state index in [1.807, 2.05) is 30.3 Å².